The number of hydrogen-bond acceptors (Lipinski definition) is 2. The Morgan fingerprint density at radius 3 is 2.41 bits per heavy atom. The molecule has 5 rings (SSSR count). The summed E-state index contributed by atoms with van der Waals surface area (Å²) < 4.78 is 27.3. The van der Waals surface area contributed by atoms with E-state index in [0.29, 0.717) is 12.8 Å². The normalized spacial score (nSPS) is 28.0. The van der Waals surface area contributed by atoms with Crippen LogP contribution in [-0.2, 0) is 16.6 Å². The van der Waals surface area contributed by atoms with Crippen LogP contribution in [0.4, 0.5) is 8.78 Å². The van der Waals surface area contributed by atoms with E-state index in [4.69, 9.17) is 0 Å². The average molecular weight is 396 g/mol. The lowest BCUT2D eigenvalue weighted by atomic mass is 9.57. The number of ketones is 1. The first-order valence-electron chi connectivity index (χ1n) is 10.4. The molecule has 1 fully saturated rings. The van der Waals surface area contributed by atoms with Crippen molar-refractivity contribution in [3.8, 4) is 0 Å². The maximum Gasteiger partial charge on any atom is 0.249 e. The van der Waals surface area contributed by atoms with Crippen molar-refractivity contribution in [2.75, 3.05) is 0 Å². The maximum atomic E-state index is 13.6. The molecular weight excluding hydrogens is 370 g/mol. The number of aromatic nitrogens is 2. The Hall–Kier alpha value is -2.30. The number of aromatic amines is 1. The Kier molecular flexibility index (Phi) is 3.78. The fourth-order valence-corrected chi connectivity index (χ4v) is 5.86. The standard InChI is InChI=1S/C24H26F2N2O/c1-22(2)10-14-9-17-20(21(28-27-17)15-11-24(25,26)12-15)23(3,19(14)18(29)13-22)16-7-5-4-6-8-16/h4-8,15H,9-13H2,1-3H3,(H,27,28). The van der Waals surface area contributed by atoms with E-state index in [1.807, 2.05) is 30.3 Å². The van der Waals surface area contributed by atoms with Crippen LogP contribution in [0.2, 0.25) is 0 Å². The summed E-state index contributed by atoms with van der Waals surface area (Å²) in [7, 11) is 0. The van der Waals surface area contributed by atoms with E-state index < -0.39 is 11.3 Å². The molecule has 3 aliphatic carbocycles. The molecule has 0 radical (unpaired) electrons. The summed E-state index contributed by atoms with van der Waals surface area (Å²) in [5, 5.41) is 7.69. The van der Waals surface area contributed by atoms with Crippen LogP contribution in [0, 0.1) is 5.41 Å². The number of carbonyl (C=O) groups excluding carboxylic acids is 1. The first kappa shape index (κ1) is 18.7. The van der Waals surface area contributed by atoms with Crippen molar-refractivity contribution in [3.63, 3.8) is 0 Å². The van der Waals surface area contributed by atoms with E-state index >= 15 is 0 Å². The van der Waals surface area contributed by atoms with Gasteiger partial charge in [0.2, 0.25) is 5.92 Å². The molecule has 5 heteroatoms. The third-order valence-corrected chi connectivity index (χ3v) is 7.05. The molecule has 0 spiro atoms. The Morgan fingerprint density at radius 2 is 1.76 bits per heavy atom. The molecule has 0 bridgehead atoms. The second kappa shape index (κ2) is 5.87. The Morgan fingerprint density at radius 1 is 1.07 bits per heavy atom. The monoisotopic (exact) mass is 396 g/mol. The number of allylic oxidation sites excluding steroid dienone is 2. The molecule has 3 nitrogen and oxygen atoms in total. The number of rotatable bonds is 2. The third kappa shape index (κ3) is 2.73. The van der Waals surface area contributed by atoms with Crippen LogP contribution in [0.1, 0.15) is 74.9 Å². The minimum absolute atomic E-state index is 0.0656. The summed E-state index contributed by atoms with van der Waals surface area (Å²) in [6.07, 6.45) is 1.70. The predicted molar refractivity (Wildman–Crippen MR) is 107 cm³/mol. The van der Waals surface area contributed by atoms with E-state index in [-0.39, 0.29) is 30.0 Å². The topological polar surface area (TPSA) is 45.8 Å². The molecule has 1 heterocycles. The van der Waals surface area contributed by atoms with Crippen molar-refractivity contribution in [2.24, 2.45) is 5.41 Å². The summed E-state index contributed by atoms with van der Waals surface area (Å²) in [5.74, 6) is -2.69. The van der Waals surface area contributed by atoms with Gasteiger partial charge in [-0.3, -0.25) is 9.89 Å². The first-order chi connectivity index (χ1) is 13.6. The molecule has 1 unspecified atom stereocenters. The van der Waals surface area contributed by atoms with E-state index in [2.05, 4.69) is 31.0 Å². The molecule has 1 aromatic carbocycles. The SMILES string of the molecule is CC1(C)CC(=O)C2=C(Cc3[nH]nc(C4CC(F)(F)C4)c3C2(C)c2ccccc2)C1. The van der Waals surface area contributed by atoms with Crippen LogP contribution in [-0.4, -0.2) is 21.9 Å². The fraction of sp³-hybridized carbons (Fsp3) is 0.500. The molecule has 0 saturated heterocycles. The lowest BCUT2D eigenvalue weighted by Gasteiger charge is -2.45. The number of Topliss-reactive ketones (excluding diaryl/α,β-unsaturated/α-hetero) is 1. The van der Waals surface area contributed by atoms with Crippen molar-refractivity contribution < 1.29 is 13.6 Å². The van der Waals surface area contributed by atoms with Gasteiger partial charge in [-0.2, -0.15) is 5.10 Å². The molecular formula is C24H26F2N2O. The van der Waals surface area contributed by atoms with Crippen molar-refractivity contribution in [3.05, 3.63) is 64.0 Å². The van der Waals surface area contributed by atoms with Crippen molar-refractivity contribution in [1.29, 1.82) is 0 Å². The number of hydrogen-bond donors (Lipinski definition) is 1. The second-order valence-electron chi connectivity index (χ2n) is 10.0. The number of halogens is 2. The number of H-pyrrole nitrogens is 1. The van der Waals surface area contributed by atoms with E-state index in [9.17, 15) is 13.6 Å². The smallest absolute Gasteiger partial charge is 0.249 e. The zero-order valence-corrected chi connectivity index (χ0v) is 17.1. The summed E-state index contributed by atoms with van der Waals surface area (Å²) in [5.41, 5.74) is 4.98. The van der Waals surface area contributed by atoms with Gasteiger partial charge < -0.3 is 0 Å². The van der Waals surface area contributed by atoms with Gasteiger partial charge >= 0.3 is 0 Å². The highest BCUT2D eigenvalue weighted by atomic mass is 19.3. The molecule has 1 N–H and O–H groups in total. The fourth-order valence-electron chi connectivity index (χ4n) is 5.86. The van der Waals surface area contributed by atoms with Gasteiger partial charge in [0.05, 0.1) is 5.69 Å². The highest BCUT2D eigenvalue weighted by Crippen LogP contribution is 2.56. The molecule has 1 aromatic heterocycles. The number of benzene rings is 1. The Labute approximate surface area is 169 Å². The molecule has 29 heavy (non-hydrogen) atoms. The van der Waals surface area contributed by atoms with Crippen molar-refractivity contribution >= 4 is 5.78 Å². The third-order valence-electron chi connectivity index (χ3n) is 7.05. The molecule has 1 atom stereocenters. The average Bonchev–Trinajstić information content (AvgIpc) is 3.03. The van der Waals surface area contributed by atoms with Crippen LogP contribution >= 0.6 is 0 Å². The molecule has 2 aromatic rings. The zero-order valence-electron chi connectivity index (χ0n) is 17.1. The number of nitrogens with zero attached hydrogens (tertiary/aromatic N) is 1. The summed E-state index contributed by atoms with van der Waals surface area (Å²) in [6, 6.07) is 9.99. The lowest BCUT2D eigenvalue weighted by Crippen LogP contribution is -2.42. The predicted octanol–water partition coefficient (Wildman–Crippen LogP) is 5.47. The minimum atomic E-state index is -2.61. The quantitative estimate of drug-likeness (QED) is 0.732. The van der Waals surface area contributed by atoms with Gasteiger partial charge in [-0.15, -0.1) is 0 Å². The van der Waals surface area contributed by atoms with Gasteiger partial charge in [-0.1, -0.05) is 49.8 Å². The number of nitrogens with one attached hydrogen (secondary N) is 1. The van der Waals surface area contributed by atoms with Crippen LogP contribution in [0.5, 0.6) is 0 Å². The van der Waals surface area contributed by atoms with Crippen molar-refractivity contribution in [2.45, 2.75) is 70.1 Å². The van der Waals surface area contributed by atoms with Gasteiger partial charge in [-0.25, -0.2) is 8.78 Å². The highest BCUT2D eigenvalue weighted by molar-refractivity contribution is 6.01. The van der Waals surface area contributed by atoms with Gasteiger partial charge in [-0.05, 0) is 24.3 Å². The number of carbonyl (C=O) groups is 1. The Bertz CT molecular complexity index is 1030. The second-order valence-corrected chi connectivity index (χ2v) is 10.0. The lowest BCUT2D eigenvalue weighted by molar-refractivity contribution is -0.118. The van der Waals surface area contributed by atoms with Gasteiger partial charge in [0, 0.05) is 53.8 Å². The van der Waals surface area contributed by atoms with Gasteiger partial charge in [0.25, 0.3) is 0 Å². The van der Waals surface area contributed by atoms with Crippen LogP contribution in [0.25, 0.3) is 0 Å². The Balaban J connectivity index is 1.72. The minimum Gasteiger partial charge on any atom is -0.294 e. The molecule has 0 amide bonds. The summed E-state index contributed by atoms with van der Waals surface area (Å²) in [4.78, 5) is 13.4. The van der Waals surface area contributed by atoms with Gasteiger partial charge in [0.1, 0.15) is 0 Å². The summed E-state index contributed by atoms with van der Waals surface area (Å²) >= 11 is 0. The largest absolute Gasteiger partial charge is 0.294 e. The maximum absolute atomic E-state index is 13.6. The van der Waals surface area contributed by atoms with Crippen LogP contribution in [0.15, 0.2) is 41.5 Å². The van der Waals surface area contributed by atoms with E-state index in [1.54, 1.807) is 0 Å². The van der Waals surface area contributed by atoms with Crippen LogP contribution in [0.3, 0.4) is 0 Å². The summed E-state index contributed by atoms with van der Waals surface area (Å²) in [6.45, 7) is 6.36. The van der Waals surface area contributed by atoms with Crippen molar-refractivity contribution in [1.82, 2.24) is 10.2 Å². The first-order valence-corrected chi connectivity index (χ1v) is 10.4. The molecule has 0 aliphatic heterocycles. The van der Waals surface area contributed by atoms with Gasteiger partial charge in [0.15, 0.2) is 5.78 Å². The number of fused-ring (bicyclic) bond motifs is 1. The molecule has 152 valence electrons. The molecule has 1 saturated carbocycles. The van der Waals surface area contributed by atoms with E-state index in [0.717, 1.165) is 34.5 Å². The highest BCUT2D eigenvalue weighted by Gasteiger charge is 2.53. The molecule has 3 aliphatic rings. The van der Waals surface area contributed by atoms with E-state index in [1.165, 1.54) is 5.57 Å². The zero-order chi connectivity index (χ0) is 20.6. The van der Waals surface area contributed by atoms with Crippen LogP contribution < -0.4 is 0 Å². The number of alkyl halides is 2.